The Balaban J connectivity index is 2.00. The van der Waals surface area contributed by atoms with Crippen molar-refractivity contribution >= 4 is 28.8 Å². The molecule has 2 aromatic rings. The Hall–Kier alpha value is -1.49. The Bertz CT molecular complexity index is 665. The first-order chi connectivity index (χ1) is 9.56. The summed E-state index contributed by atoms with van der Waals surface area (Å²) >= 11 is 1.31. The maximum absolute atomic E-state index is 10.8. The fraction of sp³-hybridized carbons (Fsp3) is 0.467. The summed E-state index contributed by atoms with van der Waals surface area (Å²) in [6.45, 7) is 5.30. The molecule has 1 saturated carbocycles. The highest BCUT2D eigenvalue weighted by Crippen LogP contribution is 2.41. The van der Waals surface area contributed by atoms with Crippen molar-refractivity contribution < 1.29 is 9.90 Å². The van der Waals surface area contributed by atoms with Crippen molar-refractivity contribution in [1.29, 1.82) is 0 Å². The second-order valence-electron chi connectivity index (χ2n) is 5.60. The van der Waals surface area contributed by atoms with E-state index in [2.05, 4.69) is 29.5 Å². The number of fused-ring (bicyclic) bond motifs is 1. The molecule has 0 aliphatic heterocycles. The minimum absolute atomic E-state index is 0.0581. The van der Waals surface area contributed by atoms with Gasteiger partial charge >= 0.3 is 5.97 Å². The van der Waals surface area contributed by atoms with Crippen LogP contribution in [0, 0.1) is 18.8 Å². The number of hydrogen-bond donors (Lipinski definition) is 1. The van der Waals surface area contributed by atoms with Crippen LogP contribution in [0.3, 0.4) is 0 Å². The van der Waals surface area contributed by atoms with Gasteiger partial charge in [0.15, 0.2) is 5.16 Å². The summed E-state index contributed by atoms with van der Waals surface area (Å²) < 4.78 is 2.21. The summed E-state index contributed by atoms with van der Waals surface area (Å²) in [7, 11) is 0. The maximum Gasteiger partial charge on any atom is 0.313 e. The number of hydrogen-bond acceptors (Lipinski definition) is 3. The lowest BCUT2D eigenvalue weighted by molar-refractivity contribution is -0.133. The predicted octanol–water partition coefficient (Wildman–Crippen LogP) is 3.18. The van der Waals surface area contributed by atoms with Crippen LogP contribution < -0.4 is 0 Å². The van der Waals surface area contributed by atoms with E-state index in [0.29, 0.717) is 5.92 Å². The van der Waals surface area contributed by atoms with Gasteiger partial charge in [-0.25, -0.2) is 4.98 Å². The third kappa shape index (κ3) is 2.54. The number of aryl methyl sites for hydroxylation is 1. The van der Waals surface area contributed by atoms with E-state index in [9.17, 15) is 4.79 Å². The summed E-state index contributed by atoms with van der Waals surface area (Å²) in [6.07, 6.45) is 1.26. The molecule has 0 spiro atoms. The van der Waals surface area contributed by atoms with Crippen molar-refractivity contribution in [2.75, 3.05) is 5.75 Å². The van der Waals surface area contributed by atoms with Crippen LogP contribution in [0.1, 0.15) is 18.9 Å². The second-order valence-corrected chi connectivity index (χ2v) is 6.55. The standard InChI is InChI=1S/C15H18N2O2S/c1-9-4-3-5-12-14(9)17(7-11-6-10(11)2)15(16-12)20-8-13(18)19/h3-5,10-11H,6-8H2,1-2H3,(H,18,19). The van der Waals surface area contributed by atoms with Crippen LogP contribution in [0.2, 0.25) is 0 Å². The van der Waals surface area contributed by atoms with Crippen LogP contribution in [0.25, 0.3) is 11.0 Å². The van der Waals surface area contributed by atoms with Crippen LogP contribution in [0.4, 0.5) is 0 Å². The summed E-state index contributed by atoms with van der Waals surface area (Å²) in [5.74, 6) is 0.734. The third-order valence-corrected chi connectivity index (χ3v) is 4.91. The van der Waals surface area contributed by atoms with E-state index in [1.54, 1.807) is 0 Å². The number of carboxylic acids is 1. The molecule has 2 unspecified atom stereocenters. The molecule has 1 heterocycles. The number of aliphatic carboxylic acids is 1. The van der Waals surface area contributed by atoms with E-state index in [1.165, 1.54) is 23.7 Å². The van der Waals surface area contributed by atoms with Gasteiger partial charge in [0, 0.05) is 6.54 Å². The minimum atomic E-state index is -0.801. The van der Waals surface area contributed by atoms with E-state index in [-0.39, 0.29) is 5.75 Å². The lowest BCUT2D eigenvalue weighted by atomic mass is 10.2. The van der Waals surface area contributed by atoms with Crippen LogP contribution in [0.5, 0.6) is 0 Å². The van der Waals surface area contributed by atoms with Crippen molar-refractivity contribution in [1.82, 2.24) is 9.55 Å². The molecular formula is C15H18N2O2S. The van der Waals surface area contributed by atoms with Gasteiger partial charge < -0.3 is 9.67 Å². The predicted molar refractivity (Wildman–Crippen MR) is 80.1 cm³/mol. The molecule has 1 aromatic heterocycles. The number of carboxylic acid groups (broad SMARTS) is 1. The topological polar surface area (TPSA) is 55.1 Å². The number of imidazole rings is 1. The Morgan fingerprint density at radius 2 is 2.30 bits per heavy atom. The van der Waals surface area contributed by atoms with Crippen molar-refractivity contribution in [3.05, 3.63) is 23.8 Å². The van der Waals surface area contributed by atoms with E-state index in [0.717, 1.165) is 28.7 Å². The van der Waals surface area contributed by atoms with Crippen molar-refractivity contribution in [2.24, 2.45) is 11.8 Å². The van der Waals surface area contributed by atoms with Gasteiger partial charge in [-0.15, -0.1) is 0 Å². The molecule has 3 rings (SSSR count). The second kappa shape index (κ2) is 5.13. The van der Waals surface area contributed by atoms with Crippen LogP contribution >= 0.6 is 11.8 Å². The van der Waals surface area contributed by atoms with E-state index < -0.39 is 5.97 Å². The summed E-state index contributed by atoms with van der Waals surface area (Å²) in [4.78, 5) is 15.4. The van der Waals surface area contributed by atoms with Gasteiger partial charge in [0.2, 0.25) is 0 Å². The van der Waals surface area contributed by atoms with Gasteiger partial charge in [-0.3, -0.25) is 4.79 Å². The van der Waals surface area contributed by atoms with Crippen molar-refractivity contribution in [2.45, 2.75) is 32.0 Å². The lowest BCUT2D eigenvalue weighted by Crippen LogP contribution is -2.05. The van der Waals surface area contributed by atoms with Gasteiger partial charge in [-0.2, -0.15) is 0 Å². The molecule has 0 bridgehead atoms. The van der Waals surface area contributed by atoms with Gasteiger partial charge in [0.25, 0.3) is 0 Å². The first-order valence-corrected chi connectivity index (χ1v) is 7.85. The monoisotopic (exact) mass is 290 g/mol. The van der Waals surface area contributed by atoms with Gasteiger partial charge in [0.05, 0.1) is 16.8 Å². The van der Waals surface area contributed by atoms with E-state index in [4.69, 9.17) is 5.11 Å². The molecule has 5 heteroatoms. The van der Waals surface area contributed by atoms with Gasteiger partial charge in [-0.05, 0) is 36.8 Å². The zero-order valence-electron chi connectivity index (χ0n) is 11.7. The van der Waals surface area contributed by atoms with Gasteiger partial charge in [0.1, 0.15) is 0 Å². The molecule has 1 aromatic carbocycles. The summed E-state index contributed by atoms with van der Waals surface area (Å²) in [5.41, 5.74) is 3.32. The summed E-state index contributed by atoms with van der Waals surface area (Å²) in [6, 6.07) is 6.09. The lowest BCUT2D eigenvalue weighted by Gasteiger charge is -2.09. The first kappa shape index (κ1) is 13.5. The first-order valence-electron chi connectivity index (χ1n) is 6.86. The summed E-state index contributed by atoms with van der Waals surface area (Å²) in [5, 5.41) is 9.70. The third-order valence-electron chi connectivity index (χ3n) is 3.95. The Morgan fingerprint density at radius 1 is 1.55 bits per heavy atom. The van der Waals surface area contributed by atoms with Crippen LogP contribution in [0.15, 0.2) is 23.4 Å². The minimum Gasteiger partial charge on any atom is -0.481 e. The Labute approximate surface area is 122 Å². The molecule has 1 aliphatic rings. The van der Waals surface area contributed by atoms with Gasteiger partial charge in [-0.1, -0.05) is 30.8 Å². The van der Waals surface area contributed by atoms with Crippen LogP contribution in [-0.2, 0) is 11.3 Å². The molecular weight excluding hydrogens is 272 g/mol. The maximum atomic E-state index is 10.8. The largest absolute Gasteiger partial charge is 0.481 e. The number of benzene rings is 1. The number of nitrogens with zero attached hydrogens (tertiary/aromatic N) is 2. The number of carbonyl (C=O) groups is 1. The average molecular weight is 290 g/mol. The SMILES string of the molecule is Cc1cccc2nc(SCC(=O)O)n(CC3CC3C)c12. The molecule has 0 saturated heterocycles. The highest BCUT2D eigenvalue weighted by Gasteiger charge is 2.33. The van der Waals surface area contributed by atoms with Crippen LogP contribution in [-0.4, -0.2) is 26.4 Å². The van der Waals surface area contributed by atoms with E-state index in [1.807, 2.05) is 12.1 Å². The molecule has 0 amide bonds. The quantitative estimate of drug-likeness (QED) is 0.859. The molecule has 0 radical (unpaired) electrons. The smallest absolute Gasteiger partial charge is 0.313 e. The number of thioether (sulfide) groups is 1. The molecule has 106 valence electrons. The molecule has 1 aliphatic carbocycles. The fourth-order valence-corrected chi connectivity index (χ4v) is 3.37. The Morgan fingerprint density at radius 3 is 2.95 bits per heavy atom. The van der Waals surface area contributed by atoms with E-state index >= 15 is 0 Å². The molecule has 1 fully saturated rings. The highest BCUT2D eigenvalue weighted by atomic mass is 32.2. The number of aromatic nitrogens is 2. The van der Waals surface area contributed by atoms with Crippen molar-refractivity contribution in [3.63, 3.8) is 0 Å². The number of para-hydroxylation sites is 1. The highest BCUT2D eigenvalue weighted by molar-refractivity contribution is 7.99. The zero-order chi connectivity index (χ0) is 14.3. The molecule has 20 heavy (non-hydrogen) atoms. The number of rotatable bonds is 5. The molecule has 1 N–H and O–H groups in total. The zero-order valence-corrected chi connectivity index (χ0v) is 12.5. The van der Waals surface area contributed by atoms with Crippen molar-refractivity contribution in [3.8, 4) is 0 Å². The molecule has 2 atom stereocenters. The Kier molecular flexibility index (Phi) is 3.46. The normalized spacial score (nSPS) is 21.3. The average Bonchev–Trinajstić information content (AvgIpc) is 2.96. The molecule has 4 nitrogen and oxygen atoms in total. The fourth-order valence-electron chi connectivity index (χ4n) is 2.64.